The quantitative estimate of drug-likeness (QED) is 0.722. The molecule has 0 spiro atoms. The minimum Gasteiger partial charge on any atom is -0.340 e. The second kappa shape index (κ2) is 9.98. The molecule has 1 saturated heterocycles. The third kappa shape index (κ3) is 6.11. The molecule has 2 N–H and O–H groups in total. The Hall–Kier alpha value is -2.25. The van der Waals surface area contributed by atoms with E-state index < -0.39 is 6.04 Å². The topological polar surface area (TPSA) is 74.3 Å². The van der Waals surface area contributed by atoms with Crippen molar-refractivity contribution in [3.05, 3.63) is 46.5 Å². The van der Waals surface area contributed by atoms with Crippen LogP contribution in [0, 0.1) is 12.8 Å². The first-order chi connectivity index (χ1) is 13.9. The summed E-state index contributed by atoms with van der Waals surface area (Å²) in [6, 6.07) is 6.69. The lowest BCUT2D eigenvalue weighted by Gasteiger charge is -2.25. The second-order valence-electron chi connectivity index (χ2n) is 8.03. The predicted molar refractivity (Wildman–Crippen MR) is 117 cm³/mol. The van der Waals surface area contributed by atoms with E-state index in [1.54, 1.807) is 12.1 Å². The first-order valence-corrected chi connectivity index (χ1v) is 11.2. The van der Waals surface area contributed by atoms with Crippen molar-refractivity contribution in [3.8, 4) is 0 Å². The minimum atomic E-state index is -0.627. The van der Waals surface area contributed by atoms with E-state index in [0.29, 0.717) is 10.7 Å². The third-order valence-corrected chi connectivity index (χ3v) is 5.97. The van der Waals surface area contributed by atoms with Gasteiger partial charge in [0.05, 0.1) is 5.69 Å². The fourth-order valence-corrected chi connectivity index (χ4v) is 4.14. The maximum atomic E-state index is 12.8. The van der Waals surface area contributed by atoms with Crippen LogP contribution in [0.5, 0.6) is 0 Å². The van der Waals surface area contributed by atoms with Gasteiger partial charge in [-0.15, -0.1) is 11.3 Å². The molecule has 1 unspecified atom stereocenters. The number of hydrogen-bond acceptors (Lipinski definition) is 5. The highest BCUT2D eigenvalue weighted by molar-refractivity contribution is 7.13. The highest BCUT2D eigenvalue weighted by Crippen LogP contribution is 2.19. The summed E-state index contributed by atoms with van der Waals surface area (Å²) in [5, 5.41) is 8.32. The van der Waals surface area contributed by atoms with Crippen molar-refractivity contribution in [2.75, 3.05) is 18.4 Å². The summed E-state index contributed by atoms with van der Waals surface area (Å²) in [6.07, 6.45) is 3.79. The van der Waals surface area contributed by atoms with E-state index >= 15 is 0 Å². The zero-order valence-electron chi connectivity index (χ0n) is 17.4. The van der Waals surface area contributed by atoms with Crippen molar-refractivity contribution in [2.45, 2.75) is 52.6 Å². The number of thiazole rings is 1. The average Bonchev–Trinajstić information content (AvgIpc) is 3.13. The molecule has 0 bridgehead atoms. The van der Waals surface area contributed by atoms with Gasteiger partial charge in [0.2, 0.25) is 5.91 Å². The van der Waals surface area contributed by atoms with Gasteiger partial charge in [-0.1, -0.05) is 38.0 Å². The summed E-state index contributed by atoms with van der Waals surface area (Å²) in [5.74, 6) is -0.528. The number of carbonyl (C=O) groups excluding carboxylic acids is 2. The van der Waals surface area contributed by atoms with E-state index in [0.717, 1.165) is 30.9 Å². The molecule has 3 rings (SSSR count). The first kappa shape index (κ1) is 21.5. The third-order valence-electron chi connectivity index (χ3n) is 5.17. The standard InChI is InChI=1S/C22H30N4O2S/c1-15(2)19(24-20(27)17-9-7-16(3)8-10-17)21(28)25-22-23-18(14-29-22)13-26-11-5-4-6-12-26/h7-10,14-15,19H,4-6,11-13H2,1-3H3,(H,24,27)(H,23,25,28). The minimum absolute atomic E-state index is 0.0443. The van der Waals surface area contributed by atoms with Crippen molar-refractivity contribution in [3.63, 3.8) is 0 Å². The number of aryl methyl sites for hydroxylation is 1. The zero-order chi connectivity index (χ0) is 20.8. The van der Waals surface area contributed by atoms with E-state index in [1.165, 1.54) is 30.6 Å². The number of hydrogen-bond donors (Lipinski definition) is 2. The lowest BCUT2D eigenvalue weighted by atomic mass is 10.0. The molecule has 2 aromatic rings. The van der Waals surface area contributed by atoms with Crippen LogP contribution >= 0.6 is 11.3 Å². The van der Waals surface area contributed by atoms with E-state index in [9.17, 15) is 9.59 Å². The highest BCUT2D eigenvalue weighted by Gasteiger charge is 2.25. The number of aromatic nitrogens is 1. The van der Waals surface area contributed by atoms with E-state index in [-0.39, 0.29) is 17.7 Å². The van der Waals surface area contributed by atoms with E-state index in [1.807, 2.05) is 38.3 Å². The van der Waals surface area contributed by atoms with Crippen molar-refractivity contribution in [2.24, 2.45) is 5.92 Å². The molecule has 1 atom stereocenters. The Morgan fingerprint density at radius 1 is 1.14 bits per heavy atom. The number of likely N-dealkylation sites (tertiary alicyclic amines) is 1. The number of nitrogens with zero attached hydrogens (tertiary/aromatic N) is 2. The Kier molecular flexibility index (Phi) is 7.39. The molecule has 6 nitrogen and oxygen atoms in total. The molecule has 0 radical (unpaired) electrons. The predicted octanol–water partition coefficient (Wildman–Crippen LogP) is 3.83. The molecule has 2 heterocycles. The van der Waals surface area contributed by atoms with Gasteiger partial charge in [-0.25, -0.2) is 4.98 Å². The molecule has 7 heteroatoms. The number of anilines is 1. The first-order valence-electron chi connectivity index (χ1n) is 10.3. The van der Waals surface area contributed by atoms with Crippen LogP contribution in [0.3, 0.4) is 0 Å². The Bertz CT molecular complexity index is 826. The maximum Gasteiger partial charge on any atom is 0.251 e. The van der Waals surface area contributed by atoms with Crippen molar-refractivity contribution in [1.29, 1.82) is 0 Å². The van der Waals surface area contributed by atoms with E-state index in [4.69, 9.17) is 0 Å². The van der Waals surface area contributed by atoms with Crippen LogP contribution in [-0.2, 0) is 11.3 Å². The van der Waals surface area contributed by atoms with Gasteiger partial charge in [0, 0.05) is 17.5 Å². The van der Waals surface area contributed by atoms with Gasteiger partial charge in [0.1, 0.15) is 6.04 Å². The summed E-state index contributed by atoms with van der Waals surface area (Å²) in [4.78, 5) is 32.3. The van der Waals surface area contributed by atoms with E-state index in [2.05, 4.69) is 20.5 Å². The van der Waals surface area contributed by atoms with Crippen LogP contribution in [0.2, 0.25) is 0 Å². The molecule has 1 aliphatic heterocycles. The summed E-state index contributed by atoms with van der Waals surface area (Å²) in [5.41, 5.74) is 2.62. The van der Waals surface area contributed by atoms with Crippen molar-refractivity contribution < 1.29 is 9.59 Å². The summed E-state index contributed by atoms with van der Waals surface area (Å²) >= 11 is 1.43. The Balaban J connectivity index is 1.59. The molecule has 1 aromatic carbocycles. The van der Waals surface area contributed by atoms with Crippen LogP contribution in [0.15, 0.2) is 29.6 Å². The fraction of sp³-hybridized carbons (Fsp3) is 0.500. The van der Waals surface area contributed by atoms with Gasteiger partial charge in [-0.3, -0.25) is 14.5 Å². The Morgan fingerprint density at radius 3 is 2.48 bits per heavy atom. The molecule has 2 amide bonds. The molecule has 1 fully saturated rings. The lowest BCUT2D eigenvalue weighted by molar-refractivity contribution is -0.118. The number of benzene rings is 1. The molecule has 1 aliphatic rings. The van der Waals surface area contributed by atoms with Crippen LogP contribution in [0.4, 0.5) is 5.13 Å². The van der Waals surface area contributed by atoms with Crippen LogP contribution < -0.4 is 10.6 Å². The molecule has 156 valence electrons. The summed E-state index contributed by atoms with van der Waals surface area (Å²) < 4.78 is 0. The van der Waals surface area contributed by atoms with Gasteiger partial charge in [0.25, 0.3) is 5.91 Å². The van der Waals surface area contributed by atoms with Gasteiger partial charge in [0.15, 0.2) is 5.13 Å². The number of amides is 2. The van der Waals surface area contributed by atoms with Crippen LogP contribution in [-0.4, -0.2) is 40.8 Å². The largest absolute Gasteiger partial charge is 0.340 e. The fourth-order valence-electron chi connectivity index (χ4n) is 3.43. The normalized spacial score (nSPS) is 15.9. The van der Waals surface area contributed by atoms with Gasteiger partial charge < -0.3 is 10.6 Å². The smallest absolute Gasteiger partial charge is 0.251 e. The number of piperidine rings is 1. The van der Waals surface area contributed by atoms with Gasteiger partial charge >= 0.3 is 0 Å². The Labute approximate surface area is 176 Å². The molecule has 29 heavy (non-hydrogen) atoms. The molecule has 0 aliphatic carbocycles. The van der Waals surface area contributed by atoms with Crippen molar-refractivity contribution in [1.82, 2.24) is 15.2 Å². The SMILES string of the molecule is Cc1ccc(C(=O)NC(C(=O)Nc2nc(CN3CCCCC3)cs2)C(C)C)cc1. The molecule has 0 saturated carbocycles. The van der Waals surface area contributed by atoms with Crippen LogP contribution in [0.1, 0.15) is 54.7 Å². The molecular weight excluding hydrogens is 384 g/mol. The van der Waals surface area contributed by atoms with Gasteiger partial charge in [-0.2, -0.15) is 0 Å². The van der Waals surface area contributed by atoms with Crippen molar-refractivity contribution >= 4 is 28.3 Å². The monoisotopic (exact) mass is 414 g/mol. The number of nitrogens with one attached hydrogen (secondary N) is 2. The molecular formula is C22H30N4O2S. The summed E-state index contributed by atoms with van der Waals surface area (Å²) in [7, 11) is 0. The van der Waals surface area contributed by atoms with Crippen LogP contribution in [0.25, 0.3) is 0 Å². The maximum absolute atomic E-state index is 12.8. The highest BCUT2D eigenvalue weighted by atomic mass is 32.1. The Morgan fingerprint density at radius 2 is 1.83 bits per heavy atom. The number of rotatable bonds is 7. The number of carbonyl (C=O) groups is 2. The van der Waals surface area contributed by atoms with Gasteiger partial charge in [-0.05, 0) is 50.9 Å². The molecule has 1 aromatic heterocycles. The average molecular weight is 415 g/mol. The second-order valence-corrected chi connectivity index (χ2v) is 8.89. The zero-order valence-corrected chi connectivity index (χ0v) is 18.2. The lowest BCUT2D eigenvalue weighted by Crippen LogP contribution is -2.47. The summed E-state index contributed by atoms with van der Waals surface area (Å²) in [6.45, 7) is 8.86.